The number of likely N-dealkylation sites (tertiary alicyclic amines) is 1. The van der Waals surface area contributed by atoms with Crippen LogP contribution >= 0.6 is 0 Å². The van der Waals surface area contributed by atoms with Crippen molar-refractivity contribution in [3.05, 3.63) is 52.7 Å². The molecule has 0 spiro atoms. The zero-order valence-corrected chi connectivity index (χ0v) is 21.8. The van der Waals surface area contributed by atoms with E-state index in [4.69, 9.17) is 9.47 Å². The number of pyridine rings is 1. The van der Waals surface area contributed by atoms with Gasteiger partial charge in [-0.1, -0.05) is 12.1 Å². The number of fused-ring (bicyclic) bond motifs is 3. The van der Waals surface area contributed by atoms with E-state index < -0.39 is 6.17 Å². The van der Waals surface area contributed by atoms with Gasteiger partial charge < -0.3 is 14.4 Å². The van der Waals surface area contributed by atoms with Crippen LogP contribution < -0.4 is 5.69 Å². The van der Waals surface area contributed by atoms with Crippen molar-refractivity contribution < 1.29 is 13.9 Å². The van der Waals surface area contributed by atoms with Crippen molar-refractivity contribution >= 4 is 22.1 Å². The van der Waals surface area contributed by atoms with Crippen molar-refractivity contribution in [2.75, 3.05) is 33.4 Å². The molecule has 0 unspecified atom stereocenters. The van der Waals surface area contributed by atoms with E-state index in [-0.39, 0.29) is 17.8 Å². The van der Waals surface area contributed by atoms with Gasteiger partial charge in [-0.2, -0.15) is 0 Å². The molecule has 0 N–H and O–H groups in total. The summed E-state index contributed by atoms with van der Waals surface area (Å²) in [5.74, 6) is 0. The van der Waals surface area contributed by atoms with E-state index in [1.165, 1.54) is 0 Å². The summed E-state index contributed by atoms with van der Waals surface area (Å²) in [7, 11) is 3.46. The lowest BCUT2D eigenvalue weighted by Crippen LogP contribution is -2.37. The highest BCUT2D eigenvalue weighted by atomic mass is 19.1. The number of ether oxygens (including phenoxy) is 2. The fraction of sp³-hybridized carbons (Fsp3) is 0.500. The first-order valence-corrected chi connectivity index (χ1v) is 13.3. The highest BCUT2D eigenvalue weighted by molar-refractivity contribution is 6.02. The van der Waals surface area contributed by atoms with Gasteiger partial charge in [-0.05, 0) is 49.4 Å². The third-order valence-electron chi connectivity index (χ3n) is 8.01. The molecule has 1 saturated heterocycles. The number of halogens is 1. The topological polar surface area (TPSA) is 87.3 Å². The molecular formula is C28H33FN6O3. The maximum absolute atomic E-state index is 13.3. The fourth-order valence-corrected chi connectivity index (χ4v) is 5.53. The van der Waals surface area contributed by atoms with Crippen molar-refractivity contribution in [2.24, 2.45) is 7.05 Å². The lowest BCUT2D eigenvalue weighted by molar-refractivity contribution is 0.00635. The van der Waals surface area contributed by atoms with Gasteiger partial charge in [0.05, 0.1) is 30.5 Å². The minimum absolute atomic E-state index is 0.0790. The third-order valence-corrected chi connectivity index (χ3v) is 8.01. The largest absolute Gasteiger partial charge is 0.381 e. The van der Waals surface area contributed by atoms with E-state index >= 15 is 0 Å². The summed E-state index contributed by atoms with van der Waals surface area (Å²) < 4.78 is 28.0. The average molecular weight is 521 g/mol. The van der Waals surface area contributed by atoms with Crippen molar-refractivity contribution in [1.82, 2.24) is 29.2 Å². The summed E-state index contributed by atoms with van der Waals surface area (Å²) in [4.78, 5) is 20.0. The van der Waals surface area contributed by atoms with Crippen LogP contribution in [-0.2, 0) is 23.1 Å². The van der Waals surface area contributed by atoms with Crippen LogP contribution in [-0.4, -0.2) is 74.8 Å². The summed E-state index contributed by atoms with van der Waals surface area (Å²) >= 11 is 0. The van der Waals surface area contributed by atoms with Gasteiger partial charge in [0.1, 0.15) is 11.7 Å². The first-order chi connectivity index (χ1) is 18.5. The molecule has 1 aliphatic heterocycles. The molecule has 0 atom stereocenters. The van der Waals surface area contributed by atoms with Gasteiger partial charge in [-0.3, -0.25) is 14.1 Å². The molecule has 2 aliphatic rings. The van der Waals surface area contributed by atoms with Gasteiger partial charge in [0.25, 0.3) is 0 Å². The van der Waals surface area contributed by atoms with E-state index in [0.29, 0.717) is 31.7 Å². The van der Waals surface area contributed by atoms with E-state index in [9.17, 15) is 9.18 Å². The van der Waals surface area contributed by atoms with Gasteiger partial charge >= 0.3 is 5.69 Å². The number of aryl methyl sites for hydroxylation is 1. The summed E-state index contributed by atoms with van der Waals surface area (Å²) in [6, 6.07) is 10.1. The predicted octanol–water partition coefficient (Wildman–Crippen LogP) is 3.65. The minimum Gasteiger partial charge on any atom is -0.381 e. The normalized spacial score (nSPS) is 20.8. The Bertz CT molecular complexity index is 1490. The van der Waals surface area contributed by atoms with Gasteiger partial charge in [0.15, 0.2) is 5.65 Å². The molecule has 38 heavy (non-hydrogen) atoms. The molecule has 4 aromatic rings. The van der Waals surface area contributed by atoms with Gasteiger partial charge in [-0.15, -0.1) is 10.2 Å². The number of imidazole rings is 1. The Morgan fingerprint density at radius 3 is 2.61 bits per heavy atom. The lowest BCUT2D eigenvalue weighted by Gasteiger charge is -2.34. The van der Waals surface area contributed by atoms with Crippen molar-refractivity contribution in [3.8, 4) is 11.1 Å². The summed E-state index contributed by atoms with van der Waals surface area (Å²) in [5.41, 5.74) is 4.90. The standard InChI is InChI=1S/C28H33FN6O3/c1-33-27-26(35(28(33)36)22-14-23(15-22)37-2)24-13-18(4-6-25(24)31-32-27)19-3-5-21(30-16-19)17-38-12-11-34-9-7-20(29)8-10-34/h3-6,13,16,20,22-23H,7-12,14-15,17H2,1-2H3. The molecule has 1 aromatic carbocycles. The van der Waals surface area contributed by atoms with Gasteiger partial charge in [0.2, 0.25) is 0 Å². The number of rotatable bonds is 8. The van der Waals surface area contributed by atoms with Crippen LogP contribution in [0, 0.1) is 0 Å². The molecule has 0 amide bonds. The smallest absolute Gasteiger partial charge is 0.330 e. The molecule has 1 saturated carbocycles. The number of nitrogens with zero attached hydrogens (tertiary/aromatic N) is 6. The molecule has 9 nitrogen and oxygen atoms in total. The number of hydrogen-bond donors (Lipinski definition) is 0. The Hall–Kier alpha value is -3.21. The Morgan fingerprint density at radius 1 is 1.08 bits per heavy atom. The molecule has 6 rings (SSSR count). The number of hydrogen-bond acceptors (Lipinski definition) is 7. The Labute approximate surface area is 220 Å². The number of aromatic nitrogens is 5. The first-order valence-electron chi connectivity index (χ1n) is 13.3. The van der Waals surface area contributed by atoms with E-state index in [1.54, 1.807) is 18.7 Å². The first kappa shape index (κ1) is 25.1. The zero-order chi connectivity index (χ0) is 26.2. The molecule has 1 aliphatic carbocycles. The van der Waals surface area contributed by atoms with Crippen LogP contribution in [0.25, 0.3) is 33.2 Å². The van der Waals surface area contributed by atoms with Crippen molar-refractivity contribution in [1.29, 1.82) is 0 Å². The second-order valence-corrected chi connectivity index (χ2v) is 10.4. The van der Waals surface area contributed by atoms with Gasteiger partial charge in [0, 0.05) is 57.0 Å². The summed E-state index contributed by atoms with van der Waals surface area (Å²) in [5, 5.41) is 9.65. The monoisotopic (exact) mass is 520 g/mol. The number of benzene rings is 1. The second-order valence-electron chi connectivity index (χ2n) is 10.4. The molecule has 3 aromatic heterocycles. The van der Waals surface area contributed by atoms with Crippen LogP contribution in [0.2, 0.25) is 0 Å². The van der Waals surface area contributed by atoms with Gasteiger partial charge in [-0.25, -0.2) is 9.18 Å². The molecule has 10 heteroatoms. The van der Waals surface area contributed by atoms with Crippen molar-refractivity contribution in [2.45, 2.75) is 50.6 Å². The van der Waals surface area contributed by atoms with Crippen LogP contribution in [0.15, 0.2) is 41.3 Å². The maximum Gasteiger partial charge on any atom is 0.330 e. The highest BCUT2D eigenvalue weighted by Crippen LogP contribution is 2.37. The Balaban J connectivity index is 1.20. The molecule has 200 valence electrons. The fourth-order valence-electron chi connectivity index (χ4n) is 5.53. The molecular weight excluding hydrogens is 487 g/mol. The number of alkyl halides is 1. The highest BCUT2D eigenvalue weighted by Gasteiger charge is 2.34. The lowest BCUT2D eigenvalue weighted by atomic mass is 9.89. The van der Waals surface area contributed by atoms with E-state index in [2.05, 4.69) is 26.1 Å². The van der Waals surface area contributed by atoms with Crippen LogP contribution in [0.3, 0.4) is 0 Å². The third kappa shape index (κ3) is 4.72. The number of piperidine rings is 1. The summed E-state index contributed by atoms with van der Waals surface area (Å²) in [6.07, 6.45) is 4.23. The Morgan fingerprint density at radius 2 is 1.87 bits per heavy atom. The summed E-state index contributed by atoms with van der Waals surface area (Å²) in [6.45, 7) is 3.46. The number of methoxy groups -OCH3 is 1. The molecule has 0 radical (unpaired) electrons. The maximum atomic E-state index is 13.3. The van der Waals surface area contributed by atoms with Crippen LogP contribution in [0.5, 0.6) is 0 Å². The molecule has 2 fully saturated rings. The van der Waals surface area contributed by atoms with Crippen molar-refractivity contribution in [3.63, 3.8) is 0 Å². The van der Waals surface area contributed by atoms with Crippen LogP contribution in [0.4, 0.5) is 4.39 Å². The SMILES string of the molecule is COC1CC(n2c(=O)n(C)c3nnc4ccc(-c5ccc(COCCN6CCC(F)CC6)nc5)cc4c32)C1. The molecule has 4 heterocycles. The minimum atomic E-state index is -0.652. The van der Waals surface area contributed by atoms with Crippen LogP contribution in [0.1, 0.15) is 37.4 Å². The van der Waals surface area contributed by atoms with E-state index in [0.717, 1.165) is 65.7 Å². The molecule has 0 bridgehead atoms. The zero-order valence-electron chi connectivity index (χ0n) is 21.8. The predicted molar refractivity (Wildman–Crippen MR) is 143 cm³/mol. The second kappa shape index (κ2) is 10.5. The quantitative estimate of drug-likeness (QED) is 0.328. The Kier molecular flexibility index (Phi) is 6.94. The van der Waals surface area contributed by atoms with E-state index in [1.807, 2.05) is 35.0 Å². The average Bonchev–Trinajstić information content (AvgIpc) is 3.17.